The van der Waals surface area contributed by atoms with Gasteiger partial charge in [0.2, 0.25) is 0 Å². The predicted molar refractivity (Wildman–Crippen MR) is 55.2 cm³/mol. The Morgan fingerprint density at radius 1 is 1.35 bits per heavy atom. The molecule has 0 aliphatic rings. The summed E-state index contributed by atoms with van der Waals surface area (Å²) >= 11 is 0. The van der Waals surface area contributed by atoms with Crippen molar-refractivity contribution in [2.45, 2.75) is 19.1 Å². The van der Waals surface area contributed by atoms with Crippen LogP contribution in [0.5, 0.6) is 0 Å². The maximum absolute atomic E-state index is 13.3. The summed E-state index contributed by atoms with van der Waals surface area (Å²) < 4.78 is 26.5. The number of amides is 1. The fourth-order valence-electron chi connectivity index (χ4n) is 1.16. The summed E-state index contributed by atoms with van der Waals surface area (Å²) in [5, 5.41) is 7.52. The van der Waals surface area contributed by atoms with E-state index >= 15 is 0 Å². The Morgan fingerprint density at radius 2 is 1.88 bits per heavy atom. The highest BCUT2D eigenvalue weighted by Crippen LogP contribution is 2.19. The van der Waals surface area contributed by atoms with Gasteiger partial charge in [-0.3, -0.25) is 4.79 Å². The van der Waals surface area contributed by atoms with Crippen LogP contribution in [0.1, 0.15) is 12.5 Å². The second-order valence-corrected chi connectivity index (χ2v) is 3.60. The summed E-state index contributed by atoms with van der Waals surface area (Å²) in [6.07, 6.45) is -0.399. The smallest absolute Gasteiger partial charge is 0.365 e. The van der Waals surface area contributed by atoms with Gasteiger partial charge in [0.25, 0.3) is 5.91 Å². The Balaban J connectivity index is 2.75. The second-order valence-electron chi connectivity index (χ2n) is 3.60. The van der Waals surface area contributed by atoms with Gasteiger partial charge < -0.3 is 5.11 Å². The maximum atomic E-state index is 13.3. The van der Waals surface area contributed by atoms with Gasteiger partial charge in [-0.1, -0.05) is 34.8 Å². The Kier molecular flexibility index (Phi) is 3.77. The minimum atomic E-state index is -3.36. The fourth-order valence-corrected chi connectivity index (χ4v) is 1.16. The van der Waals surface area contributed by atoms with Gasteiger partial charge in [0.15, 0.2) is 0 Å². The molecule has 0 saturated heterocycles. The van der Waals surface area contributed by atoms with Crippen molar-refractivity contribution >= 4 is 11.9 Å². The van der Waals surface area contributed by atoms with Gasteiger partial charge >= 0.3 is 11.8 Å². The van der Waals surface area contributed by atoms with Crippen molar-refractivity contribution in [3.8, 4) is 0 Å². The summed E-state index contributed by atoms with van der Waals surface area (Å²) in [4.78, 5) is 21.7. The number of hydrogen-bond donors (Lipinski definition) is 1. The molecular formula is C11H11F2NO3. The molecule has 0 radical (unpaired) electrons. The third kappa shape index (κ3) is 2.99. The molecule has 4 nitrogen and oxygen atoms in total. The highest BCUT2D eigenvalue weighted by atomic mass is 19.2. The van der Waals surface area contributed by atoms with E-state index in [4.69, 9.17) is 5.11 Å². The molecule has 0 aromatic heterocycles. The first kappa shape index (κ1) is 13.1. The summed E-state index contributed by atoms with van der Waals surface area (Å²) in [5.74, 6) is -6.66. The molecule has 6 heteroatoms. The molecule has 1 amide bonds. The van der Waals surface area contributed by atoms with Crippen molar-refractivity contribution in [1.82, 2.24) is 5.12 Å². The highest BCUT2D eigenvalue weighted by molar-refractivity contribution is 5.85. The van der Waals surface area contributed by atoms with Crippen molar-refractivity contribution in [2.24, 2.45) is 0 Å². The van der Waals surface area contributed by atoms with Crippen LogP contribution in [0.25, 0.3) is 0 Å². The third-order valence-corrected chi connectivity index (χ3v) is 2.18. The molecule has 1 rings (SSSR count). The Labute approximate surface area is 96.4 Å². The van der Waals surface area contributed by atoms with Crippen LogP contribution in [0.3, 0.4) is 0 Å². The zero-order chi connectivity index (χ0) is 13.1. The lowest BCUT2D eigenvalue weighted by molar-refractivity contribution is -0.198. The molecule has 17 heavy (non-hydrogen) atoms. The Morgan fingerprint density at radius 3 is 2.35 bits per heavy atom. The van der Waals surface area contributed by atoms with E-state index in [0.717, 1.165) is 0 Å². The number of aliphatic carboxylic acids is 1. The topological polar surface area (TPSA) is 57.6 Å². The number of carboxylic acid groups (broad SMARTS) is 1. The predicted octanol–water partition coefficient (Wildman–Crippen LogP) is 1.71. The molecule has 0 aliphatic heterocycles. The highest BCUT2D eigenvalue weighted by Gasteiger charge is 2.44. The van der Waals surface area contributed by atoms with Crippen LogP contribution < -0.4 is 0 Å². The molecule has 0 heterocycles. The van der Waals surface area contributed by atoms with Crippen LogP contribution >= 0.6 is 0 Å². The number of carbonyl (C=O) groups is 2. The van der Waals surface area contributed by atoms with Crippen molar-refractivity contribution < 1.29 is 23.6 Å². The normalized spacial score (nSPS) is 13.8. The number of halogens is 2. The van der Waals surface area contributed by atoms with E-state index in [-0.39, 0.29) is 0 Å². The number of nitrogens with zero attached hydrogens (tertiary/aromatic N) is 1. The van der Waals surface area contributed by atoms with E-state index in [0.29, 0.717) is 12.5 Å². The van der Waals surface area contributed by atoms with Crippen molar-refractivity contribution in [3.63, 3.8) is 0 Å². The first-order chi connectivity index (χ1) is 7.85. The molecule has 1 N–H and O–H groups in total. The van der Waals surface area contributed by atoms with Gasteiger partial charge in [0.05, 0.1) is 6.42 Å². The zero-order valence-electron chi connectivity index (χ0n) is 9.06. The first-order valence-corrected chi connectivity index (χ1v) is 4.80. The summed E-state index contributed by atoms with van der Waals surface area (Å²) in [6.45, 7) is 0.470. The van der Waals surface area contributed by atoms with E-state index in [1.165, 1.54) is 0 Å². The van der Waals surface area contributed by atoms with Gasteiger partial charge in [0.1, 0.15) is 0 Å². The standard InChI is InChI=1S/C11H11F2NO3/c1-11(12,10(16)17)14(13)9(15)7-8-5-3-2-4-6-8/h2-6H,7H2,1H3,(H,16,17)/t11-/m0/s1. The number of rotatable bonds is 4. The molecule has 0 bridgehead atoms. The monoisotopic (exact) mass is 243 g/mol. The van der Waals surface area contributed by atoms with Gasteiger partial charge in [-0.05, 0) is 5.56 Å². The van der Waals surface area contributed by atoms with E-state index in [9.17, 15) is 18.5 Å². The molecule has 0 unspecified atom stereocenters. The molecule has 0 spiro atoms. The lowest BCUT2D eigenvalue weighted by Gasteiger charge is -2.22. The van der Waals surface area contributed by atoms with E-state index in [1.807, 2.05) is 0 Å². The number of hydrogen-bond acceptors (Lipinski definition) is 2. The van der Waals surface area contributed by atoms with Crippen LogP contribution in [0.4, 0.5) is 8.87 Å². The molecule has 0 saturated carbocycles. The van der Waals surface area contributed by atoms with Gasteiger partial charge in [-0.15, -0.1) is 5.12 Å². The van der Waals surface area contributed by atoms with Crippen molar-refractivity contribution in [3.05, 3.63) is 35.9 Å². The second kappa shape index (κ2) is 4.90. The molecule has 1 aromatic carbocycles. The fraction of sp³-hybridized carbons (Fsp3) is 0.273. The maximum Gasteiger partial charge on any atom is 0.365 e. The Hall–Kier alpha value is -1.98. The van der Waals surface area contributed by atoms with Crippen LogP contribution in [-0.2, 0) is 16.0 Å². The summed E-state index contributed by atoms with van der Waals surface area (Å²) in [5.41, 5.74) is 0.473. The largest absolute Gasteiger partial charge is 0.477 e. The Bertz CT molecular complexity index is 420. The van der Waals surface area contributed by atoms with Gasteiger partial charge in [0, 0.05) is 6.92 Å². The average molecular weight is 243 g/mol. The van der Waals surface area contributed by atoms with Crippen LogP contribution in [0.15, 0.2) is 30.3 Å². The molecule has 0 fully saturated rings. The number of benzene rings is 1. The van der Waals surface area contributed by atoms with E-state index in [1.54, 1.807) is 30.3 Å². The molecule has 1 aromatic rings. The minimum absolute atomic E-state index is 0.399. The average Bonchev–Trinajstić information content (AvgIpc) is 2.29. The first-order valence-electron chi connectivity index (χ1n) is 4.80. The number of carboxylic acids is 1. The molecule has 1 atom stereocenters. The van der Waals surface area contributed by atoms with Gasteiger partial charge in [-0.25, -0.2) is 9.18 Å². The zero-order valence-corrected chi connectivity index (χ0v) is 9.06. The molecule has 92 valence electrons. The minimum Gasteiger partial charge on any atom is -0.477 e. The number of carbonyl (C=O) groups excluding carboxylic acids is 1. The lowest BCUT2D eigenvalue weighted by atomic mass is 10.1. The molecular weight excluding hydrogens is 232 g/mol. The SMILES string of the molecule is C[C@@](F)(C(=O)O)N(F)C(=O)Cc1ccccc1. The van der Waals surface area contributed by atoms with E-state index in [2.05, 4.69) is 0 Å². The van der Waals surface area contributed by atoms with Crippen LogP contribution in [0.2, 0.25) is 0 Å². The summed E-state index contributed by atoms with van der Waals surface area (Å²) in [6, 6.07) is 8.09. The van der Waals surface area contributed by atoms with Crippen LogP contribution in [0, 0.1) is 0 Å². The van der Waals surface area contributed by atoms with E-state index < -0.39 is 29.2 Å². The quantitative estimate of drug-likeness (QED) is 0.647. The van der Waals surface area contributed by atoms with Crippen molar-refractivity contribution in [2.75, 3.05) is 0 Å². The lowest BCUT2D eigenvalue weighted by Crippen LogP contribution is -2.47. The van der Waals surface area contributed by atoms with Crippen molar-refractivity contribution in [1.29, 1.82) is 0 Å². The van der Waals surface area contributed by atoms with Crippen LogP contribution in [-0.4, -0.2) is 27.9 Å². The number of alkyl halides is 1. The molecule has 0 aliphatic carbocycles. The third-order valence-electron chi connectivity index (χ3n) is 2.18. The summed E-state index contributed by atoms with van der Waals surface area (Å²) in [7, 11) is 0. The van der Waals surface area contributed by atoms with Gasteiger partial charge in [-0.2, -0.15) is 0 Å².